The maximum absolute atomic E-state index is 11.2. The molecule has 1 aliphatic heterocycles. The third-order valence-electron chi connectivity index (χ3n) is 1.49. The van der Waals surface area contributed by atoms with Crippen LogP contribution < -0.4 is 10.6 Å². The van der Waals surface area contributed by atoms with Gasteiger partial charge in [0.25, 0.3) is 0 Å². The third-order valence-corrected chi connectivity index (χ3v) is 1.92. The molecular weight excluding hydrogens is 188 g/mol. The Labute approximate surface area is 83.0 Å². The van der Waals surface area contributed by atoms with Gasteiger partial charge in [-0.25, -0.2) is 4.79 Å². The van der Waals surface area contributed by atoms with Gasteiger partial charge < -0.3 is 15.4 Å². The van der Waals surface area contributed by atoms with Crippen molar-refractivity contribution in [2.45, 2.75) is 32.4 Å². The van der Waals surface area contributed by atoms with Crippen molar-refractivity contribution < 1.29 is 9.53 Å². The van der Waals surface area contributed by atoms with Gasteiger partial charge in [0.2, 0.25) is 0 Å². The summed E-state index contributed by atoms with van der Waals surface area (Å²) < 4.78 is 5.05. The Bertz CT molecular complexity index is 235. The Hall–Kier alpha value is -0.840. The summed E-state index contributed by atoms with van der Waals surface area (Å²) in [4.78, 5) is 11.9. The highest BCUT2D eigenvalue weighted by Gasteiger charge is 2.27. The zero-order valence-electron chi connectivity index (χ0n) is 8.01. The minimum Gasteiger partial charge on any atom is -0.444 e. The first-order valence-corrected chi connectivity index (χ1v) is 4.56. The Morgan fingerprint density at radius 2 is 2.31 bits per heavy atom. The predicted octanol–water partition coefficient (Wildman–Crippen LogP) is 0.810. The molecule has 74 valence electrons. The Morgan fingerprint density at radius 3 is 2.62 bits per heavy atom. The second-order valence-corrected chi connectivity index (χ2v) is 4.38. The van der Waals surface area contributed by atoms with Gasteiger partial charge in [-0.05, 0) is 20.8 Å². The van der Waals surface area contributed by atoms with E-state index in [-0.39, 0.29) is 6.04 Å². The molecular formula is C8H14N2O2S. The second kappa shape index (κ2) is 3.49. The van der Waals surface area contributed by atoms with E-state index in [1.165, 1.54) is 0 Å². The molecule has 5 heteroatoms. The lowest BCUT2D eigenvalue weighted by Gasteiger charge is -2.30. The van der Waals surface area contributed by atoms with Crippen LogP contribution in [-0.4, -0.2) is 29.3 Å². The molecule has 0 radical (unpaired) electrons. The summed E-state index contributed by atoms with van der Waals surface area (Å²) in [7, 11) is 0. The molecule has 0 spiro atoms. The third kappa shape index (κ3) is 3.18. The second-order valence-electron chi connectivity index (χ2n) is 3.94. The van der Waals surface area contributed by atoms with Crippen LogP contribution in [0.2, 0.25) is 0 Å². The van der Waals surface area contributed by atoms with Crippen LogP contribution in [0.3, 0.4) is 0 Å². The monoisotopic (exact) mass is 202 g/mol. The van der Waals surface area contributed by atoms with E-state index in [0.29, 0.717) is 11.5 Å². The van der Waals surface area contributed by atoms with Crippen LogP contribution in [0.1, 0.15) is 20.8 Å². The van der Waals surface area contributed by atoms with Crippen molar-refractivity contribution in [2.75, 3.05) is 6.54 Å². The number of hydrogen-bond donors (Lipinski definition) is 2. The molecule has 0 aromatic carbocycles. The number of hydrogen-bond acceptors (Lipinski definition) is 3. The van der Waals surface area contributed by atoms with Crippen LogP contribution in [0, 0.1) is 0 Å². The molecule has 0 bridgehead atoms. The molecule has 1 rings (SSSR count). The normalized spacial score (nSPS) is 21.5. The number of ether oxygens (including phenoxy) is 1. The smallest absolute Gasteiger partial charge is 0.408 e. The van der Waals surface area contributed by atoms with Crippen LogP contribution in [0.4, 0.5) is 4.79 Å². The highest BCUT2D eigenvalue weighted by molar-refractivity contribution is 7.80. The number of nitrogens with one attached hydrogen (secondary N) is 2. The van der Waals surface area contributed by atoms with Crippen molar-refractivity contribution in [2.24, 2.45) is 0 Å². The summed E-state index contributed by atoms with van der Waals surface area (Å²) in [5, 5.41) is 5.55. The average Bonchev–Trinajstić information content (AvgIpc) is 1.94. The maximum atomic E-state index is 11.2. The van der Waals surface area contributed by atoms with Crippen molar-refractivity contribution >= 4 is 23.3 Å². The number of amides is 1. The molecule has 1 aliphatic rings. The van der Waals surface area contributed by atoms with Crippen molar-refractivity contribution in [1.82, 2.24) is 10.6 Å². The molecule has 0 aromatic rings. The van der Waals surface area contributed by atoms with Gasteiger partial charge in [0.1, 0.15) is 10.6 Å². The first-order valence-electron chi connectivity index (χ1n) is 4.16. The van der Waals surface area contributed by atoms with Gasteiger partial charge >= 0.3 is 6.09 Å². The lowest BCUT2D eigenvalue weighted by molar-refractivity contribution is 0.0513. The molecule has 4 nitrogen and oxygen atoms in total. The summed E-state index contributed by atoms with van der Waals surface area (Å²) in [6.07, 6.45) is -0.415. The van der Waals surface area contributed by atoms with E-state index in [9.17, 15) is 4.79 Å². The van der Waals surface area contributed by atoms with Gasteiger partial charge in [-0.2, -0.15) is 0 Å². The molecule has 1 fully saturated rings. The summed E-state index contributed by atoms with van der Waals surface area (Å²) >= 11 is 4.88. The highest BCUT2D eigenvalue weighted by atomic mass is 32.1. The number of carbonyl (C=O) groups excluding carboxylic acids is 1. The Morgan fingerprint density at radius 1 is 1.69 bits per heavy atom. The lowest BCUT2D eigenvalue weighted by Crippen LogP contribution is -2.61. The van der Waals surface area contributed by atoms with E-state index in [0.717, 1.165) is 0 Å². The minimum absolute atomic E-state index is 0.0511. The standard InChI is InChI=1S/C8H14N2O2S/c1-8(2,3)12-7(11)10-5-4-9-6(5)13/h5H,4H2,1-3H3,(H,9,13)(H,10,11)/t5-/m0/s1. The SMILES string of the molecule is CC(C)(C)OC(=O)N[C@H]1CNC1=S. The van der Waals surface area contributed by atoms with E-state index < -0.39 is 11.7 Å². The molecule has 0 unspecified atom stereocenters. The van der Waals surface area contributed by atoms with Crippen molar-refractivity contribution in [3.05, 3.63) is 0 Å². The first kappa shape index (κ1) is 10.2. The molecule has 0 saturated carbocycles. The maximum Gasteiger partial charge on any atom is 0.408 e. The molecule has 1 amide bonds. The highest BCUT2D eigenvalue weighted by Crippen LogP contribution is 2.07. The van der Waals surface area contributed by atoms with E-state index in [1.54, 1.807) is 0 Å². The fourth-order valence-electron chi connectivity index (χ4n) is 0.854. The topological polar surface area (TPSA) is 50.4 Å². The average molecular weight is 202 g/mol. The van der Waals surface area contributed by atoms with Crippen molar-refractivity contribution in [3.8, 4) is 0 Å². The molecule has 1 saturated heterocycles. The van der Waals surface area contributed by atoms with Crippen LogP contribution in [-0.2, 0) is 4.74 Å². The number of thiocarbonyl (C=S) groups is 1. The Balaban J connectivity index is 2.29. The van der Waals surface area contributed by atoms with Crippen LogP contribution in [0.25, 0.3) is 0 Å². The number of rotatable bonds is 1. The van der Waals surface area contributed by atoms with E-state index >= 15 is 0 Å². The van der Waals surface area contributed by atoms with E-state index in [1.807, 2.05) is 20.8 Å². The van der Waals surface area contributed by atoms with Gasteiger partial charge in [0.15, 0.2) is 0 Å². The van der Waals surface area contributed by atoms with Gasteiger partial charge in [0.05, 0.1) is 6.04 Å². The fraction of sp³-hybridized carbons (Fsp3) is 0.750. The van der Waals surface area contributed by atoms with Crippen molar-refractivity contribution in [1.29, 1.82) is 0 Å². The molecule has 0 aliphatic carbocycles. The zero-order chi connectivity index (χ0) is 10.1. The number of alkyl carbamates (subject to hydrolysis) is 1. The van der Waals surface area contributed by atoms with Gasteiger partial charge in [-0.15, -0.1) is 0 Å². The summed E-state index contributed by atoms with van der Waals surface area (Å²) in [5.74, 6) is 0. The van der Waals surface area contributed by atoms with Crippen LogP contribution in [0.5, 0.6) is 0 Å². The quantitative estimate of drug-likeness (QED) is 0.618. The van der Waals surface area contributed by atoms with E-state index in [2.05, 4.69) is 10.6 Å². The van der Waals surface area contributed by atoms with Gasteiger partial charge in [-0.3, -0.25) is 0 Å². The zero-order valence-corrected chi connectivity index (χ0v) is 8.83. The Kier molecular flexibility index (Phi) is 2.75. The summed E-state index contributed by atoms with van der Waals surface area (Å²) in [5.41, 5.74) is -0.455. The summed E-state index contributed by atoms with van der Waals surface area (Å²) in [6, 6.07) is -0.0511. The molecule has 13 heavy (non-hydrogen) atoms. The fourth-order valence-corrected chi connectivity index (χ4v) is 1.08. The predicted molar refractivity (Wildman–Crippen MR) is 53.8 cm³/mol. The van der Waals surface area contributed by atoms with Crippen molar-refractivity contribution in [3.63, 3.8) is 0 Å². The number of carbonyl (C=O) groups is 1. The first-order chi connectivity index (χ1) is 5.88. The molecule has 1 atom stereocenters. The molecule has 2 N–H and O–H groups in total. The lowest BCUT2D eigenvalue weighted by atomic mass is 10.2. The largest absolute Gasteiger partial charge is 0.444 e. The summed E-state index contributed by atoms with van der Waals surface area (Å²) in [6.45, 7) is 6.16. The minimum atomic E-state index is -0.455. The molecule has 1 heterocycles. The van der Waals surface area contributed by atoms with Gasteiger partial charge in [0, 0.05) is 6.54 Å². The molecule has 0 aromatic heterocycles. The van der Waals surface area contributed by atoms with Crippen LogP contribution in [0.15, 0.2) is 0 Å². The van der Waals surface area contributed by atoms with E-state index in [4.69, 9.17) is 17.0 Å². The van der Waals surface area contributed by atoms with Gasteiger partial charge in [-0.1, -0.05) is 12.2 Å². The van der Waals surface area contributed by atoms with Crippen LogP contribution >= 0.6 is 12.2 Å².